The molecule has 2 atom stereocenters. The predicted octanol–water partition coefficient (Wildman–Crippen LogP) is 1.20. The van der Waals surface area contributed by atoms with Gasteiger partial charge in [-0.15, -0.1) is 0 Å². The zero-order valence-corrected chi connectivity index (χ0v) is 6.43. The molecule has 10 heavy (non-hydrogen) atoms. The number of hydrogen-bond donors (Lipinski definition) is 0. The van der Waals surface area contributed by atoms with E-state index in [0.717, 1.165) is 26.2 Å². The largest absolute Gasteiger partial charge is 0.381 e. The van der Waals surface area contributed by atoms with Gasteiger partial charge in [-0.05, 0) is 12.3 Å². The Morgan fingerprint density at radius 3 is 2.90 bits per heavy atom. The summed E-state index contributed by atoms with van der Waals surface area (Å²) in [4.78, 5) is 0. The molecule has 0 aromatic heterocycles. The van der Waals surface area contributed by atoms with Crippen LogP contribution in [0.3, 0.4) is 0 Å². The molecule has 0 bridgehead atoms. The van der Waals surface area contributed by atoms with E-state index in [2.05, 4.69) is 6.92 Å². The summed E-state index contributed by atoms with van der Waals surface area (Å²) in [5.41, 5.74) is 0.247. The van der Waals surface area contributed by atoms with Crippen LogP contribution in [0, 0.1) is 5.92 Å². The lowest BCUT2D eigenvalue weighted by molar-refractivity contribution is 0.138. The van der Waals surface area contributed by atoms with Gasteiger partial charge in [0, 0.05) is 19.6 Å². The molecule has 1 spiro atoms. The van der Waals surface area contributed by atoms with Crippen molar-refractivity contribution in [1.82, 2.24) is 0 Å². The van der Waals surface area contributed by atoms with Crippen molar-refractivity contribution in [2.24, 2.45) is 5.92 Å². The summed E-state index contributed by atoms with van der Waals surface area (Å²) in [6.45, 7) is 5.05. The van der Waals surface area contributed by atoms with Gasteiger partial charge in [0.25, 0.3) is 0 Å². The Hall–Kier alpha value is -0.0800. The Morgan fingerprint density at radius 2 is 2.20 bits per heavy atom. The highest BCUT2D eigenvalue weighted by atomic mass is 16.6. The van der Waals surface area contributed by atoms with Crippen molar-refractivity contribution in [3.63, 3.8) is 0 Å². The first-order valence-corrected chi connectivity index (χ1v) is 4.05. The van der Waals surface area contributed by atoms with Crippen LogP contribution in [0.2, 0.25) is 0 Å². The van der Waals surface area contributed by atoms with Crippen LogP contribution in [0.15, 0.2) is 0 Å². The molecule has 2 fully saturated rings. The van der Waals surface area contributed by atoms with Gasteiger partial charge < -0.3 is 9.47 Å². The second-order valence-corrected chi connectivity index (χ2v) is 3.41. The van der Waals surface area contributed by atoms with Crippen LogP contribution >= 0.6 is 0 Å². The van der Waals surface area contributed by atoms with Crippen LogP contribution in [0.4, 0.5) is 0 Å². The third-order valence-electron chi connectivity index (χ3n) is 2.78. The summed E-state index contributed by atoms with van der Waals surface area (Å²) in [5, 5.41) is 0. The van der Waals surface area contributed by atoms with Gasteiger partial charge in [0.05, 0.1) is 12.2 Å². The van der Waals surface area contributed by atoms with Crippen LogP contribution in [-0.2, 0) is 9.47 Å². The van der Waals surface area contributed by atoms with E-state index in [0.29, 0.717) is 5.92 Å². The topological polar surface area (TPSA) is 21.8 Å². The van der Waals surface area contributed by atoms with Gasteiger partial charge in [0.1, 0.15) is 0 Å². The standard InChI is InChI=1S/C8H14O2/c1-7-2-4-9-5-3-8(7)6-10-8/h7H,2-6H2,1H3. The van der Waals surface area contributed by atoms with Crippen LogP contribution in [0.5, 0.6) is 0 Å². The van der Waals surface area contributed by atoms with Gasteiger partial charge in [0.15, 0.2) is 0 Å². The molecule has 2 aliphatic rings. The van der Waals surface area contributed by atoms with Crippen LogP contribution < -0.4 is 0 Å². The second-order valence-electron chi connectivity index (χ2n) is 3.41. The van der Waals surface area contributed by atoms with Gasteiger partial charge in [-0.1, -0.05) is 6.92 Å². The lowest BCUT2D eigenvalue weighted by Crippen LogP contribution is -2.21. The quantitative estimate of drug-likeness (QED) is 0.474. The molecular weight excluding hydrogens is 128 g/mol. The van der Waals surface area contributed by atoms with Crippen LogP contribution in [-0.4, -0.2) is 25.4 Å². The van der Waals surface area contributed by atoms with Gasteiger partial charge in [0.2, 0.25) is 0 Å². The predicted molar refractivity (Wildman–Crippen MR) is 37.9 cm³/mol. The minimum Gasteiger partial charge on any atom is -0.381 e. The summed E-state index contributed by atoms with van der Waals surface area (Å²) in [6, 6.07) is 0. The summed E-state index contributed by atoms with van der Waals surface area (Å²) in [7, 11) is 0. The second kappa shape index (κ2) is 2.21. The molecule has 2 heterocycles. The maximum Gasteiger partial charge on any atom is 0.0964 e. The van der Waals surface area contributed by atoms with E-state index in [-0.39, 0.29) is 5.60 Å². The molecule has 0 N–H and O–H groups in total. The summed E-state index contributed by atoms with van der Waals surface area (Å²) in [6.07, 6.45) is 2.27. The molecule has 0 aromatic carbocycles. The number of ether oxygens (including phenoxy) is 2. The fourth-order valence-electron chi connectivity index (χ4n) is 1.64. The number of rotatable bonds is 0. The Bertz CT molecular complexity index is 129. The molecular formula is C8H14O2. The molecule has 0 aliphatic carbocycles. The zero-order chi connectivity index (χ0) is 7.03. The average Bonchev–Trinajstić information content (AvgIpc) is 2.69. The first-order valence-electron chi connectivity index (χ1n) is 4.05. The van der Waals surface area contributed by atoms with Crippen molar-refractivity contribution >= 4 is 0 Å². The molecule has 0 saturated carbocycles. The average molecular weight is 142 g/mol. The van der Waals surface area contributed by atoms with E-state index in [4.69, 9.17) is 9.47 Å². The van der Waals surface area contributed by atoms with Crippen molar-refractivity contribution in [1.29, 1.82) is 0 Å². The molecule has 0 aromatic rings. The minimum absolute atomic E-state index is 0.247. The Kier molecular flexibility index (Phi) is 1.46. The van der Waals surface area contributed by atoms with Gasteiger partial charge in [-0.2, -0.15) is 0 Å². The Morgan fingerprint density at radius 1 is 1.40 bits per heavy atom. The van der Waals surface area contributed by atoms with E-state index in [1.54, 1.807) is 0 Å². The molecule has 2 nitrogen and oxygen atoms in total. The smallest absolute Gasteiger partial charge is 0.0964 e. The highest BCUT2D eigenvalue weighted by molar-refractivity contribution is 4.97. The van der Waals surface area contributed by atoms with E-state index >= 15 is 0 Å². The monoisotopic (exact) mass is 142 g/mol. The molecule has 2 saturated heterocycles. The third-order valence-corrected chi connectivity index (χ3v) is 2.78. The molecule has 2 unspecified atom stereocenters. The first-order chi connectivity index (χ1) is 4.83. The zero-order valence-electron chi connectivity index (χ0n) is 6.43. The van der Waals surface area contributed by atoms with E-state index in [1.165, 1.54) is 6.42 Å². The minimum atomic E-state index is 0.247. The maximum absolute atomic E-state index is 5.45. The van der Waals surface area contributed by atoms with Crippen LogP contribution in [0.25, 0.3) is 0 Å². The lowest BCUT2D eigenvalue weighted by Gasteiger charge is -2.14. The first kappa shape index (κ1) is 6.62. The highest BCUT2D eigenvalue weighted by Gasteiger charge is 2.49. The summed E-state index contributed by atoms with van der Waals surface area (Å²) < 4.78 is 10.8. The van der Waals surface area contributed by atoms with Crippen molar-refractivity contribution < 1.29 is 9.47 Å². The number of epoxide rings is 1. The molecule has 2 rings (SSSR count). The van der Waals surface area contributed by atoms with E-state index in [1.807, 2.05) is 0 Å². The fraction of sp³-hybridized carbons (Fsp3) is 1.00. The Labute approximate surface area is 61.5 Å². The van der Waals surface area contributed by atoms with Crippen molar-refractivity contribution in [2.75, 3.05) is 19.8 Å². The molecule has 58 valence electrons. The molecule has 0 amide bonds. The number of hydrogen-bond acceptors (Lipinski definition) is 2. The summed E-state index contributed by atoms with van der Waals surface area (Å²) in [5.74, 6) is 0.704. The molecule has 2 aliphatic heterocycles. The SMILES string of the molecule is CC1CCOCCC12CO2. The van der Waals surface area contributed by atoms with E-state index in [9.17, 15) is 0 Å². The lowest BCUT2D eigenvalue weighted by atomic mass is 9.90. The van der Waals surface area contributed by atoms with Crippen LogP contribution in [0.1, 0.15) is 19.8 Å². The van der Waals surface area contributed by atoms with Gasteiger partial charge in [-0.25, -0.2) is 0 Å². The normalized spacial score (nSPS) is 47.1. The fourth-order valence-corrected chi connectivity index (χ4v) is 1.64. The summed E-state index contributed by atoms with van der Waals surface area (Å²) >= 11 is 0. The van der Waals surface area contributed by atoms with Crippen molar-refractivity contribution in [3.8, 4) is 0 Å². The molecule has 0 radical (unpaired) electrons. The van der Waals surface area contributed by atoms with Gasteiger partial charge in [-0.3, -0.25) is 0 Å². The van der Waals surface area contributed by atoms with Crippen molar-refractivity contribution in [2.45, 2.75) is 25.4 Å². The third kappa shape index (κ3) is 0.956. The molecule has 2 heteroatoms. The Balaban J connectivity index is 2.02. The highest BCUT2D eigenvalue weighted by Crippen LogP contribution is 2.41. The van der Waals surface area contributed by atoms with Crippen molar-refractivity contribution in [3.05, 3.63) is 0 Å². The van der Waals surface area contributed by atoms with E-state index < -0.39 is 0 Å². The maximum atomic E-state index is 5.45. The van der Waals surface area contributed by atoms with Gasteiger partial charge >= 0.3 is 0 Å².